The van der Waals surface area contributed by atoms with Crippen LogP contribution in [0.3, 0.4) is 0 Å². The normalized spacial score (nSPS) is 19.5. The highest BCUT2D eigenvalue weighted by atomic mass is 19.1. The molecule has 1 fully saturated rings. The van der Waals surface area contributed by atoms with Crippen LogP contribution in [-0.4, -0.2) is 37.8 Å². The number of aliphatic hydroxyl groups excluding tert-OH is 1. The summed E-state index contributed by atoms with van der Waals surface area (Å²) in [6, 6.07) is 12.5. The van der Waals surface area contributed by atoms with Crippen molar-refractivity contribution >= 4 is 11.0 Å². The van der Waals surface area contributed by atoms with Gasteiger partial charge in [0, 0.05) is 24.7 Å². The number of halogens is 1. The van der Waals surface area contributed by atoms with E-state index in [2.05, 4.69) is 15.0 Å². The third-order valence-corrected chi connectivity index (χ3v) is 5.43. The van der Waals surface area contributed by atoms with Gasteiger partial charge in [-0.2, -0.15) is 0 Å². The third kappa shape index (κ3) is 2.63. The van der Waals surface area contributed by atoms with E-state index < -0.39 is 5.41 Å². The van der Waals surface area contributed by atoms with Gasteiger partial charge in [0.25, 0.3) is 0 Å². The molecule has 5 rings (SSSR count). The summed E-state index contributed by atoms with van der Waals surface area (Å²) in [7, 11) is 0. The number of hydrogen-bond acceptors (Lipinski definition) is 4. The molecule has 142 valence electrons. The number of fused-ring (bicyclic) bond motifs is 1. The van der Waals surface area contributed by atoms with Crippen molar-refractivity contribution in [2.45, 2.75) is 18.4 Å². The molecule has 2 aromatic heterocycles. The van der Waals surface area contributed by atoms with Crippen LogP contribution in [0, 0.1) is 5.82 Å². The number of aromatic nitrogens is 4. The second kappa shape index (κ2) is 6.54. The van der Waals surface area contributed by atoms with E-state index in [1.807, 2.05) is 41.1 Å². The number of H-pyrrole nitrogens is 1. The lowest BCUT2D eigenvalue weighted by Crippen LogP contribution is -2.31. The van der Waals surface area contributed by atoms with Crippen molar-refractivity contribution in [3.63, 3.8) is 0 Å². The molecule has 1 saturated heterocycles. The Morgan fingerprint density at radius 1 is 1.21 bits per heavy atom. The Morgan fingerprint density at radius 2 is 2.07 bits per heavy atom. The molecule has 0 saturated carbocycles. The van der Waals surface area contributed by atoms with Crippen LogP contribution in [0.1, 0.15) is 23.6 Å². The summed E-state index contributed by atoms with van der Waals surface area (Å²) in [5.41, 5.74) is 3.13. The second-order valence-electron chi connectivity index (χ2n) is 7.06. The van der Waals surface area contributed by atoms with E-state index in [1.165, 1.54) is 12.1 Å². The van der Waals surface area contributed by atoms with Crippen LogP contribution in [-0.2, 0) is 16.8 Å². The van der Waals surface area contributed by atoms with E-state index in [0.29, 0.717) is 19.0 Å². The van der Waals surface area contributed by atoms with Gasteiger partial charge in [-0.15, -0.1) is 0 Å². The lowest BCUT2D eigenvalue weighted by molar-refractivity contribution is 0.182. The number of nitrogens with one attached hydrogen (secondary N) is 1. The molecule has 28 heavy (non-hydrogen) atoms. The molecule has 3 heterocycles. The van der Waals surface area contributed by atoms with Crippen LogP contribution in [0.15, 0.2) is 54.9 Å². The highest BCUT2D eigenvalue weighted by molar-refractivity contribution is 5.77. The summed E-state index contributed by atoms with van der Waals surface area (Å²) >= 11 is 0. The van der Waals surface area contributed by atoms with E-state index in [9.17, 15) is 9.50 Å². The Balaban J connectivity index is 1.64. The van der Waals surface area contributed by atoms with Gasteiger partial charge >= 0.3 is 0 Å². The average Bonchev–Trinajstić information content (AvgIpc) is 3.46. The topological polar surface area (TPSA) is 76.0 Å². The summed E-state index contributed by atoms with van der Waals surface area (Å²) in [6.45, 7) is 0.992. The largest absolute Gasteiger partial charge is 0.388 e. The maximum Gasteiger partial charge on any atom is 0.133 e. The van der Waals surface area contributed by atoms with Crippen LogP contribution in [0.25, 0.3) is 16.7 Å². The Labute approximate surface area is 160 Å². The number of aliphatic hydroxyl groups is 1. The Bertz CT molecular complexity index is 1130. The first-order valence-corrected chi connectivity index (χ1v) is 9.17. The zero-order chi connectivity index (χ0) is 19.1. The second-order valence-corrected chi connectivity index (χ2v) is 7.06. The zero-order valence-electron chi connectivity index (χ0n) is 15.1. The molecule has 1 atom stereocenters. The lowest BCUT2D eigenvalue weighted by atomic mass is 9.79. The molecule has 0 radical (unpaired) electrons. The fourth-order valence-electron chi connectivity index (χ4n) is 4.01. The van der Waals surface area contributed by atoms with Gasteiger partial charge in [-0.05, 0) is 42.3 Å². The maximum atomic E-state index is 13.5. The quantitative estimate of drug-likeness (QED) is 0.572. The molecule has 6 nitrogen and oxygen atoms in total. The molecule has 4 aromatic rings. The number of ether oxygens (including phenoxy) is 1. The third-order valence-electron chi connectivity index (χ3n) is 5.43. The lowest BCUT2D eigenvalue weighted by Gasteiger charge is -2.28. The fraction of sp³-hybridized carbons (Fsp3) is 0.238. The van der Waals surface area contributed by atoms with Gasteiger partial charge in [0.1, 0.15) is 24.1 Å². The van der Waals surface area contributed by atoms with Gasteiger partial charge < -0.3 is 19.4 Å². The zero-order valence-corrected chi connectivity index (χ0v) is 15.1. The number of hydrogen-bond donors (Lipinski definition) is 2. The van der Waals surface area contributed by atoms with Crippen molar-refractivity contribution in [2.75, 3.05) is 13.2 Å². The van der Waals surface area contributed by atoms with Gasteiger partial charge in [0.2, 0.25) is 0 Å². The van der Waals surface area contributed by atoms with Crippen molar-refractivity contribution in [3.8, 4) is 5.69 Å². The Morgan fingerprint density at radius 3 is 2.82 bits per heavy atom. The molecule has 1 aliphatic heterocycles. The molecule has 1 aliphatic rings. The van der Waals surface area contributed by atoms with E-state index >= 15 is 0 Å². The number of aromatic amines is 1. The van der Waals surface area contributed by atoms with Crippen LogP contribution >= 0.6 is 0 Å². The predicted molar refractivity (Wildman–Crippen MR) is 102 cm³/mol. The first-order chi connectivity index (χ1) is 13.7. The number of imidazole rings is 2. The van der Waals surface area contributed by atoms with Gasteiger partial charge in [-0.3, -0.25) is 0 Å². The minimum absolute atomic E-state index is 0.134. The van der Waals surface area contributed by atoms with Crippen molar-refractivity contribution in [1.82, 2.24) is 19.5 Å². The van der Waals surface area contributed by atoms with E-state index in [0.717, 1.165) is 34.5 Å². The van der Waals surface area contributed by atoms with Crippen molar-refractivity contribution < 1.29 is 14.2 Å². The molecule has 2 N–H and O–H groups in total. The molecule has 0 bridgehead atoms. The molecular formula is C21H19FN4O2. The van der Waals surface area contributed by atoms with E-state index in [4.69, 9.17) is 4.74 Å². The number of nitrogens with zero attached hydrogens (tertiary/aromatic N) is 3. The van der Waals surface area contributed by atoms with Crippen LogP contribution < -0.4 is 0 Å². The minimum Gasteiger partial charge on any atom is -0.388 e. The van der Waals surface area contributed by atoms with Crippen LogP contribution in [0.4, 0.5) is 4.39 Å². The van der Waals surface area contributed by atoms with Gasteiger partial charge in [-0.25, -0.2) is 14.4 Å². The van der Waals surface area contributed by atoms with E-state index in [-0.39, 0.29) is 12.4 Å². The van der Waals surface area contributed by atoms with Gasteiger partial charge in [0.05, 0.1) is 23.1 Å². The molecule has 0 amide bonds. The van der Waals surface area contributed by atoms with Crippen LogP contribution in [0.5, 0.6) is 0 Å². The smallest absolute Gasteiger partial charge is 0.133 e. The Kier molecular flexibility index (Phi) is 3.99. The van der Waals surface area contributed by atoms with Gasteiger partial charge in [0.15, 0.2) is 0 Å². The summed E-state index contributed by atoms with van der Waals surface area (Å²) < 4.78 is 21.3. The molecule has 0 unspecified atom stereocenters. The summed E-state index contributed by atoms with van der Waals surface area (Å²) in [5, 5.41) is 9.31. The summed E-state index contributed by atoms with van der Waals surface area (Å²) in [4.78, 5) is 12.1. The first-order valence-electron chi connectivity index (χ1n) is 9.17. The van der Waals surface area contributed by atoms with Crippen molar-refractivity contribution in [2.24, 2.45) is 0 Å². The summed E-state index contributed by atoms with van der Waals surface area (Å²) in [6.07, 6.45) is 4.47. The predicted octanol–water partition coefficient (Wildman–Crippen LogP) is 3.09. The molecule has 2 aromatic carbocycles. The summed E-state index contributed by atoms with van der Waals surface area (Å²) in [5.74, 6) is 1.13. The van der Waals surface area contributed by atoms with Gasteiger partial charge in [-0.1, -0.05) is 12.1 Å². The van der Waals surface area contributed by atoms with Crippen LogP contribution in [0.2, 0.25) is 0 Å². The number of rotatable bonds is 4. The fourth-order valence-corrected chi connectivity index (χ4v) is 4.01. The average molecular weight is 378 g/mol. The maximum absolute atomic E-state index is 13.5. The first kappa shape index (κ1) is 17.1. The van der Waals surface area contributed by atoms with E-state index in [1.54, 1.807) is 6.20 Å². The molecule has 0 spiro atoms. The minimum atomic E-state index is -0.434. The highest BCUT2D eigenvalue weighted by Crippen LogP contribution is 2.40. The standard InChI is InChI=1S/C21H19FN4O2/c22-15-3-1-14(2-4-15)21(7-10-28-13-21)20-23-8-9-26(20)16-5-6-17-18(11-16)25-19(12-27)24-17/h1-6,8-9,11,27H,7,10,12-13H2,(H,24,25)/t21-/m1/s1. The molecule has 0 aliphatic carbocycles. The highest BCUT2D eigenvalue weighted by Gasteiger charge is 2.42. The van der Waals surface area contributed by atoms with Crippen molar-refractivity contribution in [1.29, 1.82) is 0 Å². The number of benzene rings is 2. The SMILES string of the molecule is OCc1nc2ccc(-n3ccnc3[C@]3(c4ccc(F)cc4)CCOC3)cc2[nH]1. The molecule has 7 heteroatoms. The molecular weight excluding hydrogens is 359 g/mol. The van der Waals surface area contributed by atoms with Crippen molar-refractivity contribution in [3.05, 3.63) is 77.9 Å². The Hall–Kier alpha value is -3.03. The monoisotopic (exact) mass is 378 g/mol.